The molecule has 0 aliphatic carbocycles. The normalized spacial score (nSPS) is 12.4. The highest BCUT2D eigenvalue weighted by molar-refractivity contribution is 6.13. The Balaban J connectivity index is 1.88. The number of carbonyl (C=O) groups excluding carboxylic acids is 1. The van der Waals surface area contributed by atoms with Crippen molar-refractivity contribution < 1.29 is 9.72 Å². The zero-order valence-corrected chi connectivity index (χ0v) is 13.1. The predicted molar refractivity (Wildman–Crippen MR) is 92.3 cm³/mol. The number of para-hydroxylation sites is 1. The topological polar surface area (TPSA) is 115 Å². The molecular weight excluding hydrogens is 334 g/mol. The number of fused-ring (bicyclic) bond motifs is 5. The van der Waals surface area contributed by atoms with Crippen molar-refractivity contribution in [2.75, 3.05) is 0 Å². The molecule has 0 atom stereocenters. The van der Waals surface area contributed by atoms with Crippen molar-refractivity contribution in [3.05, 3.63) is 75.5 Å². The van der Waals surface area contributed by atoms with Gasteiger partial charge in [-0.15, -0.1) is 0 Å². The second-order valence-electron chi connectivity index (χ2n) is 5.96. The van der Waals surface area contributed by atoms with E-state index in [2.05, 4.69) is 9.97 Å². The maximum atomic E-state index is 12.7. The van der Waals surface area contributed by atoms with Crippen molar-refractivity contribution >= 4 is 33.4 Å². The van der Waals surface area contributed by atoms with Gasteiger partial charge in [0.15, 0.2) is 11.5 Å². The second kappa shape index (κ2) is 4.79. The number of non-ortho nitro benzene ring substituents is 1. The van der Waals surface area contributed by atoms with Gasteiger partial charge in [0.05, 0.1) is 27.1 Å². The van der Waals surface area contributed by atoms with Crippen LogP contribution in [0.5, 0.6) is 0 Å². The van der Waals surface area contributed by atoms with E-state index in [1.807, 2.05) is 30.3 Å². The number of rotatable bonds is 1. The first kappa shape index (κ1) is 14.4. The van der Waals surface area contributed by atoms with Crippen molar-refractivity contribution in [1.82, 2.24) is 14.5 Å². The Labute approximate surface area is 145 Å². The van der Waals surface area contributed by atoms with E-state index in [-0.39, 0.29) is 22.6 Å². The zero-order chi connectivity index (χ0) is 18.0. The van der Waals surface area contributed by atoms with Gasteiger partial charge < -0.3 is 0 Å². The molecule has 0 saturated heterocycles. The van der Waals surface area contributed by atoms with E-state index in [0.29, 0.717) is 16.7 Å². The van der Waals surface area contributed by atoms with Crippen LogP contribution >= 0.6 is 0 Å². The van der Waals surface area contributed by atoms with Gasteiger partial charge >= 0.3 is 0 Å². The van der Waals surface area contributed by atoms with Gasteiger partial charge in [0.1, 0.15) is 5.49 Å². The maximum Gasteiger partial charge on any atom is 0.270 e. The van der Waals surface area contributed by atoms with E-state index in [0.717, 1.165) is 10.9 Å². The van der Waals surface area contributed by atoms with E-state index < -0.39 is 10.7 Å². The lowest BCUT2D eigenvalue weighted by Crippen LogP contribution is -2.22. The first-order chi connectivity index (χ1) is 12.5. The summed E-state index contributed by atoms with van der Waals surface area (Å²) in [5, 5.41) is 20.9. The van der Waals surface area contributed by atoms with Crippen LogP contribution in [0.2, 0.25) is 0 Å². The van der Waals surface area contributed by atoms with E-state index in [1.54, 1.807) is 0 Å². The third kappa shape index (κ3) is 1.78. The molecule has 3 heterocycles. The number of nitrogens with one attached hydrogen (secondary N) is 1. The average Bonchev–Trinajstić information content (AvgIpc) is 2.92. The van der Waals surface area contributed by atoms with Gasteiger partial charge in [-0.05, 0) is 18.2 Å². The second-order valence-corrected chi connectivity index (χ2v) is 5.96. The van der Waals surface area contributed by atoms with Crippen molar-refractivity contribution in [3.63, 3.8) is 0 Å². The molecule has 1 aliphatic rings. The van der Waals surface area contributed by atoms with Crippen LogP contribution in [0.3, 0.4) is 0 Å². The molecule has 0 radical (unpaired) electrons. The number of hydrogen-bond donors (Lipinski definition) is 1. The van der Waals surface area contributed by atoms with E-state index in [1.165, 1.54) is 22.8 Å². The number of carbonyl (C=O) groups is 1. The van der Waals surface area contributed by atoms with Crippen molar-refractivity contribution in [1.29, 1.82) is 5.41 Å². The van der Waals surface area contributed by atoms with Crippen LogP contribution in [-0.2, 0) is 0 Å². The molecule has 0 spiro atoms. The van der Waals surface area contributed by atoms with Crippen LogP contribution in [-0.4, -0.2) is 25.2 Å². The highest BCUT2D eigenvalue weighted by atomic mass is 16.6. The van der Waals surface area contributed by atoms with Crippen LogP contribution < -0.4 is 5.49 Å². The molecule has 2 aromatic carbocycles. The van der Waals surface area contributed by atoms with Crippen LogP contribution in [0, 0.1) is 15.5 Å². The van der Waals surface area contributed by atoms with Gasteiger partial charge in [-0.3, -0.25) is 24.9 Å². The first-order valence-corrected chi connectivity index (χ1v) is 7.75. The van der Waals surface area contributed by atoms with Crippen LogP contribution in [0.25, 0.3) is 27.6 Å². The third-order valence-electron chi connectivity index (χ3n) is 4.49. The number of pyridine rings is 1. The molecule has 26 heavy (non-hydrogen) atoms. The molecule has 0 saturated carbocycles. The number of ketones is 1. The van der Waals surface area contributed by atoms with Gasteiger partial charge in [0.25, 0.3) is 5.69 Å². The Bertz CT molecular complexity index is 1360. The fourth-order valence-electron chi connectivity index (χ4n) is 3.26. The molecule has 0 bridgehead atoms. The monoisotopic (exact) mass is 343 g/mol. The molecule has 4 aromatic rings. The minimum absolute atomic E-state index is 0.0424. The van der Waals surface area contributed by atoms with Crippen LogP contribution in [0.1, 0.15) is 16.2 Å². The molecule has 124 valence electrons. The molecule has 0 fully saturated rings. The van der Waals surface area contributed by atoms with E-state index >= 15 is 0 Å². The number of nitro groups is 1. The van der Waals surface area contributed by atoms with E-state index in [4.69, 9.17) is 5.41 Å². The SMILES string of the molecule is N=c1c2cc3ccccc3nc2nc2n1-c1ccc([N+](=O)[O-])cc1C2=O. The number of hydrogen-bond acceptors (Lipinski definition) is 6. The summed E-state index contributed by atoms with van der Waals surface area (Å²) < 4.78 is 1.42. The summed E-state index contributed by atoms with van der Waals surface area (Å²) >= 11 is 0. The minimum atomic E-state index is -0.555. The Hall–Kier alpha value is -3.94. The largest absolute Gasteiger partial charge is 0.285 e. The molecular formula is C18H9N5O3. The predicted octanol–water partition coefficient (Wildman–Crippen LogP) is 2.51. The molecule has 2 aromatic heterocycles. The molecule has 1 aliphatic heterocycles. The smallest absolute Gasteiger partial charge is 0.270 e. The van der Waals surface area contributed by atoms with Crippen LogP contribution in [0.15, 0.2) is 48.5 Å². The Morgan fingerprint density at radius 2 is 1.88 bits per heavy atom. The Morgan fingerprint density at radius 3 is 2.69 bits per heavy atom. The lowest BCUT2D eigenvalue weighted by molar-refractivity contribution is -0.384. The molecule has 8 nitrogen and oxygen atoms in total. The van der Waals surface area contributed by atoms with Gasteiger partial charge in [-0.2, -0.15) is 0 Å². The third-order valence-corrected chi connectivity index (χ3v) is 4.49. The summed E-state index contributed by atoms with van der Waals surface area (Å²) in [6.45, 7) is 0. The highest BCUT2D eigenvalue weighted by Gasteiger charge is 2.31. The summed E-state index contributed by atoms with van der Waals surface area (Å²) in [6, 6.07) is 13.3. The van der Waals surface area contributed by atoms with Crippen molar-refractivity contribution in [2.24, 2.45) is 0 Å². The van der Waals surface area contributed by atoms with Gasteiger partial charge in [-0.25, -0.2) is 9.97 Å². The summed E-state index contributed by atoms with van der Waals surface area (Å²) in [4.78, 5) is 32.0. The minimum Gasteiger partial charge on any atom is -0.285 e. The average molecular weight is 343 g/mol. The number of nitrogens with zero attached hydrogens (tertiary/aromatic N) is 4. The Morgan fingerprint density at radius 1 is 1.08 bits per heavy atom. The van der Waals surface area contributed by atoms with Gasteiger partial charge in [0, 0.05) is 17.5 Å². The Kier molecular flexibility index (Phi) is 2.65. The van der Waals surface area contributed by atoms with Gasteiger partial charge in [0.2, 0.25) is 5.78 Å². The lowest BCUT2D eigenvalue weighted by atomic mass is 10.1. The fraction of sp³-hybridized carbons (Fsp3) is 0. The van der Waals surface area contributed by atoms with Crippen molar-refractivity contribution in [3.8, 4) is 5.69 Å². The molecule has 1 N–H and O–H groups in total. The lowest BCUT2D eigenvalue weighted by Gasteiger charge is -2.08. The summed E-state index contributed by atoms with van der Waals surface area (Å²) in [6.07, 6.45) is 0. The van der Waals surface area contributed by atoms with E-state index in [9.17, 15) is 14.9 Å². The maximum absolute atomic E-state index is 12.7. The molecule has 5 rings (SSSR count). The number of aromatic nitrogens is 3. The standard InChI is InChI=1S/C18H9N5O3/c19-16-12-7-9-3-1-2-4-13(9)20-17(12)21-18-15(24)11-8-10(23(25)26)5-6-14(11)22(16)18/h1-8,19H. The zero-order valence-electron chi connectivity index (χ0n) is 13.1. The van der Waals surface area contributed by atoms with Gasteiger partial charge in [-0.1, -0.05) is 18.2 Å². The number of nitro benzene ring substituents is 1. The molecule has 0 unspecified atom stereocenters. The summed E-state index contributed by atoms with van der Waals surface area (Å²) in [5.41, 5.74) is 1.50. The molecule has 0 amide bonds. The van der Waals surface area contributed by atoms with Crippen molar-refractivity contribution in [2.45, 2.75) is 0 Å². The number of benzene rings is 2. The first-order valence-electron chi connectivity index (χ1n) is 7.75. The molecule has 8 heteroatoms. The van der Waals surface area contributed by atoms with Crippen LogP contribution in [0.4, 0.5) is 5.69 Å². The summed E-state index contributed by atoms with van der Waals surface area (Å²) in [5.74, 6) is -0.408. The summed E-state index contributed by atoms with van der Waals surface area (Å²) in [7, 11) is 0. The highest BCUT2D eigenvalue weighted by Crippen LogP contribution is 2.29. The fourth-order valence-corrected chi connectivity index (χ4v) is 3.26. The quantitative estimate of drug-likeness (QED) is 0.285.